The van der Waals surface area contributed by atoms with Crippen LogP contribution in [-0.4, -0.2) is 22.2 Å². The molecule has 0 unspecified atom stereocenters. The molecule has 0 saturated carbocycles. The largest absolute Gasteiger partial charge is 0.478 e. The lowest BCUT2D eigenvalue weighted by Gasteiger charge is -2.18. The Morgan fingerprint density at radius 2 is 0.853 bits per heavy atom. The number of anilines is 2. The monoisotopic (exact) mass is 448 g/mol. The normalized spacial score (nSPS) is 11.1. The second-order valence-electron chi connectivity index (χ2n) is 8.06. The molecule has 6 N–H and O–H groups in total. The third-order valence-corrected chi connectivity index (χ3v) is 6.08. The molecule has 5 rings (SSSR count). The molecule has 0 aromatic heterocycles. The minimum atomic E-state index is -1.09. The van der Waals surface area contributed by atoms with Gasteiger partial charge in [-0.05, 0) is 68.1 Å². The Kier molecular flexibility index (Phi) is 4.91. The van der Waals surface area contributed by atoms with Gasteiger partial charge in [0.15, 0.2) is 0 Å². The van der Waals surface area contributed by atoms with Gasteiger partial charge in [-0.3, -0.25) is 0 Å². The average molecular weight is 448 g/mol. The maximum absolute atomic E-state index is 11.7. The third-order valence-electron chi connectivity index (χ3n) is 6.08. The van der Waals surface area contributed by atoms with Crippen LogP contribution in [0.2, 0.25) is 0 Å². The molecule has 5 aromatic rings. The number of carboxylic acids is 2. The van der Waals surface area contributed by atoms with Gasteiger partial charge in [-0.1, -0.05) is 60.7 Å². The molecular weight excluding hydrogens is 428 g/mol. The smallest absolute Gasteiger partial charge is 0.337 e. The fourth-order valence-corrected chi connectivity index (χ4v) is 4.54. The van der Waals surface area contributed by atoms with Gasteiger partial charge in [0.05, 0.1) is 11.1 Å². The Morgan fingerprint density at radius 1 is 0.529 bits per heavy atom. The molecule has 6 nitrogen and oxygen atoms in total. The highest BCUT2D eigenvalue weighted by Gasteiger charge is 2.19. The molecule has 0 heterocycles. The van der Waals surface area contributed by atoms with Crippen LogP contribution in [0, 0.1) is 0 Å². The van der Waals surface area contributed by atoms with Crippen LogP contribution in [0.15, 0.2) is 84.9 Å². The minimum Gasteiger partial charge on any atom is -0.478 e. The Bertz CT molecular complexity index is 1460. The number of rotatable bonds is 4. The van der Waals surface area contributed by atoms with Crippen LogP contribution >= 0.6 is 0 Å². The van der Waals surface area contributed by atoms with Crippen LogP contribution < -0.4 is 11.5 Å². The van der Waals surface area contributed by atoms with Crippen LogP contribution in [0.25, 0.3) is 43.8 Å². The van der Waals surface area contributed by atoms with E-state index in [1.165, 1.54) is 0 Å². The van der Waals surface area contributed by atoms with E-state index in [2.05, 4.69) is 0 Å². The predicted octanol–water partition coefficient (Wildman–Crippen LogP) is 5.89. The van der Waals surface area contributed by atoms with Crippen molar-refractivity contribution in [1.82, 2.24) is 0 Å². The van der Waals surface area contributed by atoms with Crippen molar-refractivity contribution in [3.05, 3.63) is 96.1 Å². The van der Waals surface area contributed by atoms with Crippen LogP contribution in [0.4, 0.5) is 11.4 Å². The van der Waals surface area contributed by atoms with E-state index in [4.69, 9.17) is 11.5 Å². The molecule has 0 amide bonds. The van der Waals surface area contributed by atoms with Gasteiger partial charge in [0, 0.05) is 11.4 Å². The van der Waals surface area contributed by atoms with Crippen LogP contribution in [0.1, 0.15) is 20.7 Å². The fourth-order valence-electron chi connectivity index (χ4n) is 4.54. The lowest BCUT2D eigenvalue weighted by atomic mass is 9.85. The van der Waals surface area contributed by atoms with Crippen molar-refractivity contribution in [3.63, 3.8) is 0 Å². The summed E-state index contributed by atoms with van der Waals surface area (Å²) < 4.78 is 0. The molecule has 6 heteroatoms. The van der Waals surface area contributed by atoms with E-state index < -0.39 is 11.9 Å². The number of carbonyl (C=O) groups is 2. The van der Waals surface area contributed by atoms with Gasteiger partial charge < -0.3 is 21.7 Å². The van der Waals surface area contributed by atoms with E-state index in [0.717, 1.165) is 43.8 Å². The highest BCUT2D eigenvalue weighted by atomic mass is 16.4. The Morgan fingerprint density at radius 3 is 1.15 bits per heavy atom. The Hall–Kier alpha value is -4.84. The van der Waals surface area contributed by atoms with Crippen LogP contribution in [-0.2, 0) is 0 Å². The molecule has 0 saturated heterocycles. The number of carboxylic acid groups (broad SMARTS) is 2. The van der Waals surface area contributed by atoms with E-state index >= 15 is 0 Å². The van der Waals surface area contributed by atoms with E-state index in [0.29, 0.717) is 0 Å². The fraction of sp³-hybridized carbons (Fsp3) is 0. The van der Waals surface area contributed by atoms with Crippen molar-refractivity contribution < 1.29 is 19.8 Å². The first-order valence-corrected chi connectivity index (χ1v) is 10.6. The molecule has 0 aliphatic rings. The molecule has 0 atom stereocenters. The third kappa shape index (κ3) is 3.29. The van der Waals surface area contributed by atoms with Crippen molar-refractivity contribution in [1.29, 1.82) is 0 Å². The van der Waals surface area contributed by atoms with Gasteiger partial charge in [-0.25, -0.2) is 9.59 Å². The standard InChI is InChI=1S/C28H20N2O4/c29-23-11-9-15(13-21(23)27(31)32)25-17-5-1-2-6-18(17)26(20-8-4-3-7-19(20)25)16-10-12-24(30)22(14-16)28(33)34/h1-14H,29-30H2,(H,31,32)(H,33,34). The van der Waals surface area contributed by atoms with Crippen molar-refractivity contribution in [2.75, 3.05) is 11.5 Å². The summed E-state index contributed by atoms with van der Waals surface area (Å²) in [6.07, 6.45) is 0. The molecule has 166 valence electrons. The number of aromatic carboxylic acids is 2. The zero-order valence-electron chi connectivity index (χ0n) is 17.9. The highest BCUT2D eigenvalue weighted by Crippen LogP contribution is 2.44. The molecule has 0 bridgehead atoms. The maximum atomic E-state index is 11.7. The van der Waals surface area contributed by atoms with Crippen LogP contribution in [0.3, 0.4) is 0 Å². The van der Waals surface area contributed by atoms with E-state index in [1.54, 1.807) is 24.3 Å². The highest BCUT2D eigenvalue weighted by molar-refractivity contribution is 6.22. The van der Waals surface area contributed by atoms with Crippen molar-refractivity contribution in [3.8, 4) is 22.3 Å². The van der Waals surface area contributed by atoms with Crippen molar-refractivity contribution in [2.24, 2.45) is 0 Å². The van der Waals surface area contributed by atoms with Gasteiger partial charge >= 0.3 is 11.9 Å². The van der Waals surface area contributed by atoms with Crippen LogP contribution in [0.5, 0.6) is 0 Å². The maximum Gasteiger partial charge on any atom is 0.337 e. The summed E-state index contributed by atoms with van der Waals surface area (Å²) in [5.41, 5.74) is 15.5. The number of benzene rings is 5. The van der Waals surface area contributed by atoms with Gasteiger partial charge in [0.2, 0.25) is 0 Å². The summed E-state index contributed by atoms with van der Waals surface area (Å²) >= 11 is 0. The number of hydrogen-bond donors (Lipinski definition) is 4. The van der Waals surface area contributed by atoms with Gasteiger partial charge in [-0.15, -0.1) is 0 Å². The van der Waals surface area contributed by atoms with Gasteiger partial charge in [-0.2, -0.15) is 0 Å². The molecular formula is C28H20N2O4. The lowest BCUT2D eigenvalue weighted by molar-refractivity contribution is 0.0687. The Balaban J connectivity index is 1.93. The molecule has 0 spiro atoms. The quantitative estimate of drug-likeness (QED) is 0.201. The van der Waals surface area contributed by atoms with Crippen molar-refractivity contribution in [2.45, 2.75) is 0 Å². The first-order valence-electron chi connectivity index (χ1n) is 10.6. The topological polar surface area (TPSA) is 127 Å². The molecule has 0 aliphatic carbocycles. The molecule has 0 aliphatic heterocycles. The zero-order chi connectivity index (χ0) is 24.0. The summed E-state index contributed by atoms with van der Waals surface area (Å²) in [5, 5.41) is 22.9. The van der Waals surface area contributed by atoms with Gasteiger partial charge in [0.25, 0.3) is 0 Å². The number of hydrogen-bond acceptors (Lipinski definition) is 4. The summed E-state index contributed by atoms with van der Waals surface area (Å²) in [6, 6.07) is 25.6. The van der Waals surface area contributed by atoms with Gasteiger partial charge in [0.1, 0.15) is 0 Å². The molecule has 34 heavy (non-hydrogen) atoms. The molecule has 0 fully saturated rings. The first kappa shape index (κ1) is 21.0. The molecule has 0 radical (unpaired) electrons. The first-order chi connectivity index (χ1) is 16.4. The van der Waals surface area contributed by atoms with E-state index in [-0.39, 0.29) is 22.5 Å². The minimum absolute atomic E-state index is 0.0411. The predicted molar refractivity (Wildman–Crippen MR) is 135 cm³/mol. The molecule has 5 aromatic carbocycles. The summed E-state index contributed by atoms with van der Waals surface area (Å²) in [6.45, 7) is 0. The number of fused-ring (bicyclic) bond motifs is 2. The average Bonchev–Trinajstić information content (AvgIpc) is 2.83. The SMILES string of the molecule is Nc1ccc(-c2c3ccccc3c(-c3ccc(N)c(C(=O)O)c3)c3ccccc23)cc1C(=O)O. The lowest BCUT2D eigenvalue weighted by Crippen LogP contribution is -2.03. The number of nitrogen functional groups attached to an aromatic ring is 2. The van der Waals surface area contributed by atoms with E-state index in [1.807, 2.05) is 60.7 Å². The summed E-state index contributed by atoms with van der Waals surface area (Å²) in [7, 11) is 0. The summed E-state index contributed by atoms with van der Waals surface area (Å²) in [4.78, 5) is 23.5. The second kappa shape index (κ2) is 7.94. The van der Waals surface area contributed by atoms with E-state index in [9.17, 15) is 19.8 Å². The zero-order valence-corrected chi connectivity index (χ0v) is 17.9. The number of nitrogens with two attached hydrogens (primary N) is 2. The Labute approximate surface area is 194 Å². The summed E-state index contributed by atoms with van der Waals surface area (Å²) in [5.74, 6) is -2.18. The second-order valence-corrected chi connectivity index (χ2v) is 8.06. The van der Waals surface area contributed by atoms with Crippen molar-refractivity contribution >= 4 is 44.9 Å².